The number of aromatic nitrogens is 1. The van der Waals surface area contributed by atoms with Crippen molar-refractivity contribution < 1.29 is 23.9 Å². The molecule has 1 amide bonds. The first-order valence-corrected chi connectivity index (χ1v) is 10.5. The van der Waals surface area contributed by atoms with Crippen LogP contribution in [0.1, 0.15) is 68.3 Å². The Kier molecular flexibility index (Phi) is 8.56. The first-order valence-electron chi connectivity index (χ1n) is 10.5. The number of hydrogen-bond acceptors (Lipinski definition) is 5. The van der Waals surface area contributed by atoms with Gasteiger partial charge >= 0.3 is 5.97 Å². The summed E-state index contributed by atoms with van der Waals surface area (Å²) < 4.78 is 10.2. The van der Waals surface area contributed by atoms with Gasteiger partial charge in [-0.25, -0.2) is 4.79 Å². The van der Waals surface area contributed by atoms with E-state index in [1.165, 1.54) is 0 Å². The van der Waals surface area contributed by atoms with E-state index in [0.29, 0.717) is 42.0 Å². The van der Waals surface area contributed by atoms with Crippen molar-refractivity contribution in [3.8, 4) is 0 Å². The third kappa shape index (κ3) is 5.61. The van der Waals surface area contributed by atoms with E-state index in [9.17, 15) is 14.4 Å². The highest BCUT2D eigenvalue weighted by atomic mass is 16.5. The summed E-state index contributed by atoms with van der Waals surface area (Å²) in [6, 6.07) is 6.57. The van der Waals surface area contributed by atoms with Crippen LogP contribution in [-0.4, -0.2) is 60.5 Å². The van der Waals surface area contributed by atoms with Crippen molar-refractivity contribution >= 4 is 17.7 Å². The van der Waals surface area contributed by atoms with Crippen LogP contribution in [0.15, 0.2) is 24.3 Å². The van der Waals surface area contributed by atoms with Gasteiger partial charge in [0.2, 0.25) is 0 Å². The fourth-order valence-electron chi connectivity index (χ4n) is 3.59. The molecule has 31 heavy (non-hydrogen) atoms. The van der Waals surface area contributed by atoms with Crippen LogP contribution in [0.3, 0.4) is 0 Å². The molecule has 0 spiro atoms. The summed E-state index contributed by atoms with van der Waals surface area (Å²) in [6.07, 6.45) is 0.602. The molecule has 0 aliphatic rings. The minimum Gasteiger partial charge on any atom is -0.461 e. The second-order valence-electron chi connectivity index (χ2n) is 7.60. The van der Waals surface area contributed by atoms with Crippen LogP contribution in [0, 0.1) is 20.8 Å². The molecule has 7 heteroatoms. The summed E-state index contributed by atoms with van der Waals surface area (Å²) >= 11 is 0. The van der Waals surface area contributed by atoms with Crippen molar-refractivity contribution in [1.29, 1.82) is 0 Å². The van der Waals surface area contributed by atoms with Crippen LogP contribution >= 0.6 is 0 Å². The van der Waals surface area contributed by atoms with E-state index in [-0.39, 0.29) is 24.0 Å². The summed E-state index contributed by atoms with van der Waals surface area (Å²) in [4.78, 5) is 43.4. The van der Waals surface area contributed by atoms with Gasteiger partial charge in [-0.15, -0.1) is 0 Å². The standard InChI is InChI=1S/C24H32N2O5/c1-7-31-24(29)21-16(3)20(17(4)25-21)22(27)18(5)26(13-8-14-30-6)23(28)19-11-9-15(2)10-12-19/h9-12,18,25H,7-8,13-14H2,1-6H3/t18-/m0/s1. The van der Waals surface area contributed by atoms with Gasteiger partial charge in [-0.05, 0) is 58.7 Å². The minimum absolute atomic E-state index is 0.214. The minimum atomic E-state index is -0.714. The van der Waals surface area contributed by atoms with E-state index in [2.05, 4.69) is 4.98 Å². The average Bonchev–Trinajstić information content (AvgIpc) is 3.04. The van der Waals surface area contributed by atoms with Gasteiger partial charge in [0.1, 0.15) is 5.69 Å². The van der Waals surface area contributed by atoms with Gasteiger partial charge in [-0.1, -0.05) is 17.7 Å². The van der Waals surface area contributed by atoms with Crippen molar-refractivity contribution in [1.82, 2.24) is 9.88 Å². The van der Waals surface area contributed by atoms with Gasteiger partial charge in [-0.2, -0.15) is 0 Å². The lowest BCUT2D eigenvalue weighted by atomic mass is 9.99. The van der Waals surface area contributed by atoms with Crippen LogP contribution in [0.25, 0.3) is 0 Å². The Balaban J connectivity index is 2.36. The third-order valence-electron chi connectivity index (χ3n) is 5.32. The largest absolute Gasteiger partial charge is 0.461 e. The maximum Gasteiger partial charge on any atom is 0.355 e. The van der Waals surface area contributed by atoms with E-state index in [1.54, 1.807) is 51.8 Å². The van der Waals surface area contributed by atoms with E-state index >= 15 is 0 Å². The van der Waals surface area contributed by atoms with Gasteiger partial charge in [0, 0.05) is 37.1 Å². The number of rotatable bonds is 10. The summed E-state index contributed by atoms with van der Waals surface area (Å²) in [6.45, 7) is 9.96. The van der Waals surface area contributed by atoms with Crippen molar-refractivity contribution in [3.05, 3.63) is 57.9 Å². The molecule has 0 aliphatic carbocycles. The summed E-state index contributed by atoms with van der Waals surface area (Å²) in [5, 5.41) is 0. The maximum absolute atomic E-state index is 13.4. The Morgan fingerprint density at radius 3 is 2.32 bits per heavy atom. The lowest BCUT2D eigenvalue weighted by molar-refractivity contribution is 0.0518. The molecule has 2 rings (SSSR count). The molecule has 0 saturated carbocycles. The van der Waals surface area contributed by atoms with Crippen LogP contribution in [0.2, 0.25) is 0 Å². The highest BCUT2D eigenvalue weighted by Crippen LogP contribution is 2.23. The Bertz CT molecular complexity index is 930. The van der Waals surface area contributed by atoms with Gasteiger partial charge in [-0.3, -0.25) is 9.59 Å². The van der Waals surface area contributed by atoms with E-state index in [0.717, 1.165) is 5.56 Å². The number of nitrogens with one attached hydrogen (secondary N) is 1. The summed E-state index contributed by atoms with van der Waals surface area (Å²) in [7, 11) is 1.60. The Hall–Kier alpha value is -2.93. The SMILES string of the molecule is CCOC(=O)c1[nH]c(C)c(C(=O)[C@H](C)N(CCCOC)C(=O)c2ccc(C)cc2)c1C. The Labute approximate surface area is 183 Å². The number of hydrogen-bond donors (Lipinski definition) is 1. The first-order chi connectivity index (χ1) is 14.7. The van der Waals surface area contributed by atoms with Crippen molar-refractivity contribution in [2.24, 2.45) is 0 Å². The number of Topliss-reactive ketones (excluding diaryl/α,β-unsaturated/α-hetero) is 1. The molecule has 1 aromatic heterocycles. The number of H-pyrrole nitrogens is 1. The monoisotopic (exact) mass is 428 g/mol. The molecule has 1 atom stereocenters. The second-order valence-corrected chi connectivity index (χ2v) is 7.60. The highest BCUT2D eigenvalue weighted by Gasteiger charge is 2.31. The van der Waals surface area contributed by atoms with Crippen molar-refractivity contribution in [3.63, 3.8) is 0 Å². The first kappa shape index (κ1) is 24.3. The number of benzene rings is 1. The normalized spacial score (nSPS) is 11.8. The molecular weight excluding hydrogens is 396 g/mol. The molecule has 0 radical (unpaired) electrons. The number of nitrogens with zero attached hydrogens (tertiary/aromatic N) is 1. The maximum atomic E-state index is 13.4. The molecule has 0 fully saturated rings. The summed E-state index contributed by atoms with van der Waals surface area (Å²) in [5.74, 6) is -0.935. The number of ether oxygens (including phenoxy) is 2. The van der Waals surface area contributed by atoms with Crippen molar-refractivity contribution in [2.45, 2.75) is 47.1 Å². The topological polar surface area (TPSA) is 88.7 Å². The van der Waals surface area contributed by atoms with E-state index in [1.807, 2.05) is 19.1 Å². The number of carbonyl (C=O) groups excluding carboxylic acids is 3. The smallest absolute Gasteiger partial charge is 0.355 e. The van der Waals surface area contributed by atoms with Gasteiger partial charge in [0.15, 0.2) is 5.78 Å². The zero-order valence-electron chi connectivity index (χ0n) is 19.2. The number of aromatic amines is 1. The molecule has 168 valence electrons. The fraction of sp³-hybridized carbons (Fsp3) is 0.458. The molecule has 1 aromatic carbocycles. The molecule has 0 aliphatic heterocycles. The number of esters is 1. The molecule has 0 unspecified atom stereocenters. The zero-order valence-corrected chi connectivity index (χ0v) is 19.2. The number of aryl methyl sites for hydroxylation is 2. The number of methoxy groups -OCH3 is 1. The molecule has 1 N–H and O–H groups in total. The van der Waals surface area contributed by atoms with E-state index < -0.39 is 12.0 Å². The quantitative estimate of drug-likeness (QED) is 0.353. The Morgan fingerprint density at radius 1 is 1.10 bits per heavy atom. The molecule has 2 aromatic rings. The molecule has 0 bridgehead atoms. The predicted octanol–water partition coefficient (Wildman–Crippen LogP) is 3.87. The zero-order chi connectivity index (χ0) is 23.1. The third-order valence-corrected chi connectivity index (χ3v) is 5.32. The second kappa shape index (κ2) is 10.9. The lowest BCUT2D eigenvalue weighted by Crippen LogP contribution is -2.44. The fourth-order valence-corrected chi connectivity index (χ4v) is 3.59. The van der Waals surface area contributed by atoms with Crippen LogP contribution in [-0.2, 0) is 9.47 Å². The van der Waals surface area contributed by atoms with Crippen LogP contribution in [0.5, 0.6) is 0 Å². The van der Waals surface area contributed by atoms with Gasteiger partial charge in [0.25, 0.3) is 5.91 Å². The van der Waals surface area contributed by atoms with Gasteiger partial charge < -0.3 is 19.4 Å². The molecule has 0 saturated heterocycles. The number of carbonyl (C=O) groups is 3. The molecular formula is C24H32N2O5. The van der Waals surface area contributed by atoms with Crippen LogP contribution in [0.4, 0.5) is 0 Å². The van der Waals surface area contributed by atoms with E-state index in [4.69, 9.17) is 9.47 Å². The predicted molar refractivity (Wildman–Crippen MR) is 119 cm³/mol. The number of ketones is 1. The van der Waals surface area contributed by atoms with Crippen molar-refractivity contribution in [2.75, 3.05) is 26.9 Å². The molecule has 7 nitrogen and oxygen atoms in total. The van der Waals surface area contributed by atoms with Gasteiger partial charge in [0.05, 0.1) is 12.6 Å². The average molecular weight is 429 g/mol. The summed E-state index contributed by atoms with van der Waals surface area (Å²) in [5.41, 5.74) is 3.38. The number of amides is 1. The van der Waals surface area contributed by atoms with Crippen LogP contribution < -0.4 is 0 Å². The molecule has 1 heterocycles. The Morgan fingerprint density at radius 2 is 1.74 bits per heavy atom. The highest BCUT2D eigenvalue weighted by molar-refractivity contribution is 6.07. The lowest BCUT2D eigenvalue weighted by Gasteiger charge is -2.29.